The van der Waals surface area contributed by atoms with Gasteiger partial charge in [-0.25, -0.2) is 9.37 Å². The number of rotatable bonds is 5. The van der Waals surface area contributed by atoms with Crippen molar-refractivity contribution >= 4 is 23.2 Å². The quantitative estimate of drug-likeness (QED) is 0.593. The first kappa shape index (κ1) is 21.8. The number of hydrogen-bond donors (Lipinski definition) is 1. The number of halogens is 1. The maximum atomic E-state index is 14.1. The molecule has 33 heavy (non-hydrogen) atoms. The Hall–Kier alpha value is -3.06. The van der Waals surface area contributed by atoms with Crippen LogP contribution >= 0.6 is 11.3 Å². The lowest BCUT2D eigenvalue weighted by Crippen LogP contribution is -2.45. The van der Waals surface area contributed by atoms with E-state index in [9.17, 15) is 14.0 Å². The lowest BCUT2D eigenvalue weighted by molar-refractivity contribution is 0.0690. The predicted octanol–water partition coefficient (Wildman–Crippen LogP) is 4.76. The molecule has 5 nitrogen and oxygen atoms in total. The van der Waals surface area contributed by atoms with E-state index in [0.717, 1.165) is 33.0 Å². The summed E-state index contributed by atoms with van der Waals surface area (Å²) in [6, 6.07) is 12.5. The molecular weight excluding hydrogens is 437 g/mol. The van der Waals surface area contributed by atoms with Crippen molar-refractivity contribution in [2.24, 2.45) is 11.8 Å². The number of aromatic nitrogens is 1. The standard InChI is InChI=1S/C26H26FN3O2S/c1-14-5-4-6-17(9-14)24-23(29-16(3)33-24)26(32)30-13-18-11-19(18)22(30)12-28-25(31)20-10-15(2)7-8-21(20)27/h4-10,18-19,22H,11-13H2,1-3H3,(H,28,31)/t18-,19?,22-/m1/s1. The van der Waals surface area contributed by atoms with Crippen molar-refractivity contribution in [2.75, 3.05) is 13.1 Å². The Bertz CT molecular complexity index is 1250. The number of nitrogens with one attached hydrogen (secondary N) is 1. The number of carbonyl (C=O) groups excluding carboxylic acids is 2. The molecule has 1 N–H and O–H groups in total. The summed E-state index contributed by atoms with van der Waals surface area (Å²) in [4.78, 5) is 33.6. The minimum atomic E-state index is -0.539. The van der Waals surface area contributed by atoms with E-state index in [4.69, 9.17) is 0 Å². The largest absolute Gasteiger partial charge is 0.350 e. The van der Waals surface area contributed by atoms with Crippen molar-refractivity contribution in [3.63, 3.8) is 0 Å². The second-order valence-corrected chi connectivity index (χ2v) is 10.4. The number of piperidine rings is 1. The topological polar surface area (TPSA) is 62.3 Å². The molecule has 3 atom stereocenters. The Morgan fingerprint density at radius 2 is 1.94 bits per heavy atom. The van der Waals surface area contributed by atoms with Crippen LogP contribution in [0, 0.1) is 38.4 Å². The number of thiazole rings is 1. The zero-order valence-electron chi connectivity index (χ0n) is 18.9. The molecule has 1 saturated heterocycles. The van der Waals surface area contributed by atoms with Crippen LogP contribution in [0.5, 0.6) is 0 Å². The van der Waals surface area contributed by atoms with Crippen LogP contribution in [0.4, 0.5) is 4.39 Å². The lowest BCUT2D eigenvalue weighted by atomic mass is 10.1. The maximum Gasteiger partial charge on any atom is 0.274 e. The third-order valence-corrected chi connectivity index (χ3v) is 7.64. The summed E-state index contributed by atoms with van der Waals surface area (Å²) in [6.45, 7) is 6.75. The third kappa shape index (κ3) is 4.17. The van der Waals surface area contributed by atoms with Gasteiger partial charge >= 0.3 is 0 Å². The van der Waals surface area contributed by atoms with Crippen LogP contribution in [0.25, 0.3) is 10.4 Å². The van der Waals surface area contributed by atoms with Gasteiger partial charge in [0, 0.05) is 13.1 Å². The molecule has 0 radical (unpaired) electrons. The van der Waals surface area contributed by atoms with E-state index < -0.39 is 11.7 Å². The number of hydrogen-bond acceptors (Lipinski definition) is 4. The summed E-state index contributed by atoms with van der Waals surface area (Å²) >= 11 is 1.52. The van der Waals surface area contributed by atoms with Gasteiger partial charge in [0.25, 0.3) is 11.8 Å². The molecule has 2 aliphatic rings. The van der Waals surface area contributed by atoms with Crippen molar-refractivity contribution < 1.29 is 14.0 Å². The first-order valence-electron chi connectivity index (χ1n) is 11.2. The number of aryl methyl sites for hydroxylation is 3. The molecule has 2 aromatic carbocycles. The molecule has 1 unspecified atom stereocenters. The molecule has 0 bridgehead atoms. The van der Waals surface area contributed by atoms with Gasteiger partial charge in [0.1, 0.15) is 11.5 Å². The number of likely N-dealkylation sites (tertiary alicyclic amines) is 1. The van der Waals surface area contributed by atoms with Crippen LogP contribution in [0.3, 0.4) is 0 Å². The van der Waals surface area contributed by atoms with E-state index in [1.165, 1.54) is 17.4 Å². The maximum absolute atomic E-state index is 14.1. The Morgan fingerprint density at radius 1 is 1.15 bits per heavy atom. The van der Waals surface area contributed by atoms with Gasteiger partial charge in [0.2, 0.25) is 0 Å². The van der Waals surface area contributed by atoms with Gasteiger partial charge in [-0.2, -0.15) is 0 Å². The Morgan fingerprint density at radius 3 is 2.73 bits per heavy atom. The third-order valence-electron chi connectivity index (χ3n) is 6.62. The highest BCUT2D eigenvalue weighted by molar-refractivity contribution is 7.15. The highest BCUT2D eigenvalue weighted by Gasteiger charge is 2.54. The Kier molecular flexibility index (Phi) is 5.52. The molecule has 5 rings (SSSR count). The van der Waals surface area contributed by atoms with Crippen LogP contribution in [0.15, 0.2) is 42.5 Å². The van der Waals surface area contributed by atoms with E-state index in [1.54, 1.807) is 12.1 Å². The van der Waals surface area contributed by atoms with Crippen LogP contribution in [-0.4, -0.2) is 40.8 Å². The summed E-state index contributed by atoms with van der Waals surface area (Å²) in [5, 5.41) is 3.72. The minimum absolute atomic E-state index is 0.0371. The van der Waals surface area contributed by atoms with Gasteiger partial charge in [-0.15, -0.1) is 11.3 Å². The summed E-state index contributed by atoms with van der Waals surface area (Å²) in [6.07, 6.45) is 1.06. The van der Waals surface area contributed by atoms with E-state index >= 15 is 0 Å². The van der Waals surface area contributed by atoms with Crippen molar-refractivity contribution in [3.8, 4) is 10.4 Å². The van der Waals surface area contributed by atoms with Crippen LogP contribution < -0.4 is 5.32 Å². The number of amides is 2. The highest BCUT2D eigenvalue weighted by Crippen LogP contribution is 2.50. The molecular formula is C26H26FN3O2S. The van der Waals surface area contributed by atoms with Gasteiger partial charge in [0.15, 0.2) is 0 Å². The fraction of sp³-hybridized carbons (Fsp3) is 0.346. The van der Waals surface area contributed by atoms with Gasteiger partial charge in [0.05, 0.1) is 21.5 Å². The van der Waals surface area contributed by atoms with Crippen molar-refractivity contribution in [1.82, 2.24) is 15.2 Å². The van der Waals surface area contributed by atoms with Crippen molar-refractivity contribution in [1.29, 1.82) is 0 Å². The SMILES string of the molecule is Cc1cccc(-c2sc(C)nc2C(=O)N2C[C@H]3CC3[C@H]2CNC(=O)c2cc(C)ccc2F)c1. The highest BCUT2D eigenvalue weighted by atomic mass is 32.1. The first-order chi connectivity index (χ1) is 15.8. The normalized spacial score (nSPS) is 21.1. The van der Waals surface area contributed by atoms with Crippen molar-refractivity contribution in [2.45, 2.75) is 33.2 Å². The Balaban J connectivity index is 1.36. The lowest BCUT2D eigenvalue weighted by Gasteiger charge is -2.27. The number of carbonyl (C=O) groups is 2. The summed E-state index contributed by atoms with van der Waals surface area (Å²) in [7, 11) is 0. The van der Waals surface area contributed by atoms with E-state index in [2.05, 4.69) is 16.4 Å². The van der Waals surface area contributed by atoms with Crippen LogP contribution in [0.2, 0.25) is 0 Å². The molecule has 2 fully saturated rings. The zero-order valence-corrected chi connectivity index (χ0v) is 19.7. The minimum Gasteiger partial charge on any atom is -0.350 e. The van der Waals surface area contributed by atoms with Crippen LogP contribution in [-0.2, 0) is 0 Å². The van der Waals surface area contributed by atoms with E-state index in [-0.39, 0.29) is 17.5 Å². The number of fused-ring (bicyclic) bond motifs is 1. The number of benzene rings is 2. The summed E-state index contributed by atoms with van der Waals surface area (Å²) in [5.41, 5.74) is 3.46. The predicted molar refractivity (Wildman–Crippen MR) is 127 cm³/mol. The fourth-order valence-electron chi connectivity index (χ4n) is 4.86. The fourth-order valence-corrected chi connectivity index (χ4v) is 5.77. The molecule has 2 heterocycles. The molecule has 1 aliphatic heterocycles. The molecule has 170 valence electrons. The first-order valence-corrected chi connectivity index (χ1v) is 12.0. The molecule has 1 aromatic heterocycles. The van der Waals surface area contributed by atoms with Gasteiger partial charge in [-0.1, -0.05) is 41.5 Å². The van der Waals surface area contributed by atoms with E-state index in [0.29, 0.717) is 30.6 Å². The molecule has 0 spiro atoms. The second kappa shape index (κ2) is 8.37. The monoisotopic (exact) mass is 463 g/mol. The van der Waals surface area contributed by atoms with Gasteiger partial charge in [-0.05, 0) is 56.7 Å². The van der Waals surface area contributed by atoms with Crippen LogP contribution in [0.1, 0.15) is 43.4 Å². The molecule has 7 heteroatoms. The zero-order chi connectivity index (χ0) is 23.3. The average molecular weight is 464 g/mol. The summed E-state index contributed by atoms with van der Waals surface area (Å²) < 4.78 is 14.1. The second-order valence-electron chi connectivity index (χ2n) is 9.16. The molecule has 3 aromatic rings. The van der Waals surface area contributed by atoms with Crippen molar-refractivity contribution in [3.05, 3.63) is 75.7 Å². The summed E-state index contributed by atoms with van der Waals surface area (Å²) in [5.74, 6) is -0.239. The molecule has 1 aliphatic carbocycles. The Labute approximate surface area is 196 Å². The molecule has 2 amide bonds. The van der Waals surface area contributed by atoms with Gasteiger partial charge in [-0.3, -0.25) is 9.59 Å². The smallest absolute Gasteiger partial charge is 0.274 e. The molecule has 1 saturated carbocycles. The average Bonchev–Trinajstić information content (AvgIpc) is 3.30. The number of nitrogens with zero attached hydrogens (tertiary/aromatic N) is 2. The van der Waals surface area contributed by atoms with E-state index in [1.807, 2.05) is 43.9 Å². The van der Waals surface area contributed by atoms with Gasteiger partial charge < -0.3 is 10.2 Å².